The van der Waals surface area contributed by atoms with Gasteiger partial charge in [0, 0.05) is 25.4 Å². The molecule has 3 saturated heterocycles. The normalized spacial score (nSPS) is 30.5. The first kappa shape index (κ1) is 26.6. The Labute approximate surface area is 214 Å². The number of aliphatic hydroxyl groups excluding tert-OH is 1. The molecule has 3 amide bonds. The highest BCUT2D eigenvalue weighted by atomic mass is 16.5. The second-order valence-corrected chi connectivity index (χ2v) is 10.7. The fourth-order valence-corrected chi connectivity index (χ4v) is 6.66. The first-order chi connectivity index (χ1) is 17.2. The third kappa shape index (κ3) is 4.32. The highest BCUT2D eigenvalue weighted by molar-refractivity contribution is 6.04. The molecular formula is C28H41N3O5. The highest BCUT2D eigenvalue weighted by Crippen LogP contribution is 2.64. The molecule has 198 valence electrons. The molecule has 3 fully saturated rings. The number of amides is 3. The highest BCUT2D eigenvalue weighted by Gasteiger charge is 2.78. The lowest BCUT2D eigenvalue weighted by molar-refractivity contribution is -0.146. The number of unbranched alkanes of at least 4 members (excludes halogenated alkanes) is 2. The Morgan fingerprint density at radius 2 is 1.92 bits per heavy atom. The fourth-order valence-electron chi connectivity index (χ4n) is 6.66. The molecule has 3 aliphatic rings. The quantitative estimate of drug-likeness (QED) is 0.406. The van der Waals surface area contributed by atoms with Crippen molar-refractivity contribution in [2.75, 3.05) is 25.0 Å². The zero-order chi connectivity index (χ0) is 26.1. The van der Waals surface area contributed by atoms with Gasteiger partial charge in [0.1, 0.15) is 11.6 Å². The van der Waals surface area contributed by atoms with Gasteiger partial charge in [-0.15, -0.1) is 0 Å². The van der Waals surface area contributed by atoms with E-state index in [1.807, 2.05) is 45.9 Å². The minimum absolute atomic E-state index is 0.0961. The van der Waals surface area contributed by atoms with Gasteiger partial charge in [-0.3, -0.25) is 14.4 Å². The van der Waals surface area contributed by atoms with Crippen LogP contribution in [0.3, 0.4) is 0 Å². The summed E-state index contributed by atoms with van der Waals surface area (Å²) in [7, 11) is 0. The third-order valence-electron chi connectivity index (χ3n) is 8.47. The van der Waals surface area contributed by atoms with Crippen molar-refractivity contribution in [2.24, 2.45) is 11.8 Å². The van der Waals surface area contributed by atoms with E-state index in [2.05, 4.69) is 10.6 Å². The molecule has 0 radical (unpaired) electrons. The molecular weight excluding hydrogens is 458 g/mol. The molecule has 3 heterocycles. The van der Waals surface area contributed by atoms with Crippen molar-refractivity contribution in [2.45, 2.75) is 89.9 Å². The lowest BCUT2D eigenvalue weighted by Gasteiger charge is -2.34. The van der Waals surface area contributed by atoms with Crippen LogP contribution >= 0.6 is 0 Å². The standard InChI is InChI=1S/C28H41N3O5/c1-5-14-29-24(33)21-22-26(35)31(15-8-7-9-16-32)23(28(22)13-12-27(21,6-2)36-28)25(34)30-20-17-18(3)10-11-19(20)4/h10-11,17,21-23,32H,5-9,12-16H2,1-4H3,(H,29,33)(H,30,34)/t21-,22+,23?,27+,28?/m1/s1. The number of nitrogens with zero attached hydrogens (tertiary/aromatic N) is 1. The molecule has 36 heavy (non-hydrogen) atoms. The molecule has 4 rings (SSSR count). The molecule has 2 bridgehead atoms. The lowest BCUT2D eigenvalue weighted by Crippen LogP contribution is -2.53. The molecule has 0 aromatic heterocycles. The van der Waals surface area contributed by atoms with Gasteiger partial charge >= 0.3 is 0 Å². The summed E-state index contributed by atoms with van der Waals surface area (Å²) in [6.07, 6.45) is 4.73. The van der Waals surface area contributed by atoms with Crippen molar-refractivity contribution in [3.63, 3.8) is 0 Å². The van der Waals surface area contributed by atoms with Gasteiger partial charge in [0.2, 0.25) is 17.7 Å². The van der Waals surface area contributed by atoms with E-state index in [-0.39, 0.29) is 24.3 Å². The summed E-state index contributed by atoms with van der Waals surface area (Å²) in [5, 5.41) is 15.3. The molecule has 2 unspecified atom stereocenters. The van der Waals surface area contributed by atoms with Crippen LogP contribution in [0.2, 0.25) is 0 Å². The summed E-state index contributed by atoms with van der Waals surface area (Å²) >= 11 is 0. The van der Waals surface area contributed by atoms with E-state index in [9.17, 15) is 19.5 Å². The number of carbonyl (C=O) groups excluding carboxylic acids is 3. The van der Waals surface area contributed by atoms with Crippen LogP contribution in [0.15, 0.2) is 18.2 Å². The van der Waals surface area contributed by atoms with E-state index in [0.29, 0.717) is 45.2 Å². The average Bonchev–Trinajstić information content (AvgIpc) is 3.46. The second-order valence-electron chi connectivity index (χ2n) is 10.7. The van der Waals surface area contributed by atoms with Gasteiger partial charge in [-0.05, 0) is 76.0 Å². The second kappa shape index (κ2) is 10.5. The van der Waals surface area contributed by atoms with Gasteiger partial charge in [0.05, 0.1) is 17.4 Å². The van der Waals surface area contributed by atoms with Crippen LogP contribution < -0.4 is 10.6 Å². The van der Waals surface area contributed by atoms with E-state index < -0.39 is 29.1 Å². The van der Waals surface area contributed by atoms with Gasteiger partial charge in [-0.1, -0.05) is 26.0 Å². The van der Waals surface area contributed by atoms with E-state index in [0.717, 1.165) is 29.7 Å². The van der Waals surface area contributed by atoms with Crippen LogP contribution in [-0.2, 0) is 19.1 Å². The molecule has 3 N–H and O–H groups in total. The van der Waals surface area contributed by atoms with Gasteiger partial charge < -0.3 is 25.4 Å². The van der Waals surface area contributed by atoms with E-state index in [4.69, 9.17) is 4.74 Å². The zero-order valence-electron chi connectivity index (χ0n) is 22.1. The minimum Gasteiger partial charge on any atom is -0.396 e. The van der Waals surface area contributed by atoms with Gasteiger partial charge in [-0.25, -0.2) is 0 Å². The Morgan fingerprint density at radius 3 is 2.61 bits per heavy atom. The number of rotatable bonds is 11. The maximum Gasteiger partial charge on any atom is 0.250 e. The van der Waals surface area contributed by atoms with Crippen molar-refractivity contribution in [3.05, 3.63) is 29.3 Å². The first-order valence-corrected chi connectivity index (χ1v) is 13.5. The Kier molecular flexibility index (Phi) is 7.76. The third-order valence-corrected chi connectivity index (χ3v) is 8.47. The Bertz CT molecular complexity index is 1010. The minimum atomic E-state index is -1.01. The van der Waals surface area contributed by atoms with Crippen molar-refractivity contribution in [1.82, 2.24) is 10.2 Å². The van der Waals surface area contributed by atoms with E-state index >= 15 is 0 Å². The van der Waals surface area contributed by atoms with Crippen molar-refractivity contribution >= 4 is 23.4 Å². The fraction of sp³-hybridized carbons (Fsp3) is 0.679. The molecule has 3 aliphatic heterocycles. The predicted octanol–water partition coefficient (Wildman–Crippen LogP) is 3.09. The van der Waals surface area contributed by atoms with Crippen LogP contribution in [0.4, 0.5) is 5.69 Å². The van der Waals surface area contributed by atoms with Gasteiger partial charge in [-0.2, -0.15) is 0 Å². The summed E-state index contributed by atoms with van der Waals surface area (Å²) in [4.78, 5) is 43.0. The molecule has 8 nitrogen and oxygen atoms in total. The molecule has 1 aromatic rings. The predicted molar refractivity (Wildman–Crippen MR) is 137 cm³/mol. The number of fused-ring (bicyclic) bond motifs is 1. The van der Waals surface area contributed by atoms with Crippen molar-refractivity contribution in [1.29, 1.82) is 0 Å². The monoisotopic (exact) mass is 499 g/mol. The summed E-state index contributed by atoms with van der Waals surface area (Å²) in [5.74, 6) is -1.84. The van der Waals surface area contributed by atoms with Crippen LogP contribution in [0.5, 0.6) is 0 Å². The molecule has 1 aromatic carbocycles. The Balaban J connectivity index is 1.71. The number of ether oxygens (including phenoxy) is 1. The van der Waals surface area contributed by atoms with Gasteiger partial charge in [0.25, 0.3) is 0 Å². The van der Waals surface area contributed by atoms with Crippen LogP contribution in [0.25, 0.3) is 0 Å². The topological polar surface area (TPSA) is 108 Å². The van der Waals surface area contributed by atoms with Crippen LogP contribution in [0, 0.1) is 25.7 Å². The lowest BCUT2D eigenvalue weighted by atomic mass is 9.65. The van der Waals surface area contributed by atoms with Crippen molar-refractivity contribution < 1.29 is 24.2 Å². The van der Waals surface area contributed by atoms with Gasteiger partial charge in [0.15, 0.2) is 0 Å². The summed E-state index contributed by atoms with van der Waals surface area (Å²) in [6.45, 7) is 8.96. The molecule has 1 spiro atoms. The summed E-state index contributed by atoms with van der Waals surface area (Å²) < 4.78 is 6.76. The number of benzene rings is 1. The smallest absolute Gasteiger partial charge is 0.250 e. The number of nitrogens with one attached hydrogen (secondary N) is 2. The first-order valence-electron chi connectivity index (χ1n) is 13.5. The number of aliphatic hydroxyl groups is 1. The summed E-state index contributed by atoms with van der Waals surface area (Å²) in [6, 6.07) is 5.10. The molecule has 5 atom stereocenters. The van der Waals surface area contributed by atoms with Crippen LogP contribution in [-0.4, -0.2) is 64.7 Å². The number of likely N-dealkylation sites (tertiary alicyclic amines) is 1. The molecule has 0 saturated carbocycles. The number of carbonyl (C=O) groups is 3. The SMILES string of the molecule is CCCNC(=O)[C@H]1[C@H]2C(=O)N(CCCCCO)C(C(=O)Nc3cc(C)ccc3C)C23CC[C@]1(CC)O3. The average molecular weight is 500 g/mol. The zero-order valence-corrected chi connectivity index (χ0v) is 22.1. The largest absolute Gasteiger partial charge is 0.396 e. The maximum absolute atomic E-state index is 14.0. The van der Waals surface area contributed by atoms with E-state index in [1.165, 1.54) is 0 Å². The number of hydrogen-bond acceptors (Lipinski definition) is 5. The number of anilines is 1. The number of aryl methyl sites for hydroxylation is 2. The van der Waals surface area contributed by atoms with Crippen LogP contribution in [0.1, 0.15) is 69.9 Å². The van der Waals surface area contributed by atoms with Crippen molar-refractivity contribution in [3.8, 4) is 0 Å². The summed E-state index contributed by atoms with van der Waals surface area (Å²) in [5.41, 5.74) is 0.965. The Morgan fingerprint density at radius 1 is 1.14 bits per heavy atom. The Hall–Kier alpha value is -2.45. The number of hydrogen-bond donors (Lipinski definition) is 3. The van der Waals surface area contributed by atoms with E-state index in [1.54, 1.807) is 4.90 Å². The maximum atomic E-state index is 14.0. The molecule has 0 aliphatic carbocycles. The molecule has 8 heteroatoms.